The largest absolute Gasteiger partial charge is 0.492 e. The van der Waals surface area contributed by atoms with E-state index in [0.717, 1.165) is 0 Å². The standard InChI is InChI=1S/C13H17NO4/c1-4-11(14(15)16)9-10-7-6-8-12(18-5-2)13(10)17-3/h6-9H,4-5H2,1-3H3/b11-9-. The number of ether oxygens (including phenoxy) is 2. The fourth-order valence-corrected chi connectivity index (χ4v) is 1.60. The third kappa shape index (κ3) is 3.23. The van der Waals surface area contributed by atoms with Gasteiger partial charge in [0.05, 0.1) is 18.6 Å². The molecule has 0 aliphatic heterocycles. The van der Waals surface area contributed by atoms with Crippen molar-refractivity contribution in [3.63, 3.8) is 0 Å². The summed E-state index contributed by atoms with van der Waals surface area (Å²) >= 11 is 0. The highest BCUT2D eigenvalue weighted by molar-refractivity contribution is 5.63. The summed E-state index contributed by atoms with van der Waals surface area (Å²) in [6, 6.07) is 5.32. The second-order valence-electron chi connectivity index (χ2n) is 3.56. The monoisotopic (exact) mass is 251 g/mol. The molecular formula is C13H17NO4. The Morgan fingerprint density at radius 3 is 2.67 bits per heavy atom. The highest BCUT2D eigenvalue weighted by Gasteiger charge is 2.13. The van der Waals surface area contributed by atoms with E-state index in [-0.39, 0.29) is 10.6 Å². The molecular weight excluding hydrogens is 234 g/mol. The number of methoxy groups -OCH3 is 1. The Kier molecular flexibility index (Phi) is 5.17. The van der Waals surface area contributed by atoms with Crippen LogP contribution in [0.5, 0.6) is 11.5 Å². The van der Waals surface area contributed by atoms with E-state index < -0.39 is 0 Å². The van der Waals surface area contributed by atoms with Crippen LogP contribution in [0.4, 0.5) is 0 Å². The minimum absolute atomic E-state index is 0.141. The second-order valence-corrected chi connectivity index (χ2v) is 3.56. The zero-order chi connectivity index (χ0) is 13.5. The Bertz CT molecular complexity index is 454. The lowest BCUT2D eigenvalue weighted by molar-refractivity contribution is -0.425. The molecule has 0 bridgehead atoms. The third-order valence-corrected chi connectivity index (χ3v) is 2.43. The summed E-state index contributed by atoms with van der Waals surface area (Å²) in [7, 11) is 1.52. The number of benzene rings is 1. The average molecular weight is 251 g/mol. The molecule has 0 unspecified atom stereocenters. The van der Waals surface area contributed by atoms with Crippen molar-refractivity contribution in [2.24, 2.45) is 0 Å². The van der Waals surface area contributed by atoms with Crippen LogP contribution in [0.15, 0.2) is 23.9 Å². The summed E-state index contributed by atoms with van der Waals surface area (Å²) in [5.74, 6) is 1.11. The maximum atomic E-state index is 10.8. The maximum Gasteiger partial charge on any atom is 0.246 e. The van der Waals surface area contributed by atoms with Gasteiger partial charge in [-0.05, 0) is 13.0 Å². The van der Waals surface area contributed by atoms with Gasteiger partial charge in [-0.2, -0.15) is 0 Å². The van der Waals surface area contributed by atoms with E-state index in [1.807, 2.05) is 6.92 Å². The first-order valence-corrected chi connectivity index (χ1v) is 5.78. The average Bonchev–Trinajstić information content (AvgIpc) is 2.36. The highest BCUT2D eigenvalue weighted by Crippen LogP contribution is 2.32. The predicted molar refractivity (Wildman–Crippen MR) is 69.4 cm³/mol. The molecule has 0 heterocycles. The highest BCUT2D eigenvalue weighted by atomic mass is 16.6. The molecule has 0 spiro atoms. The summed E-state index contributed by atoms with van der Waals surface area (Å²) in [6.45, 7) is 4.13. The van der Waals surface area contributed by atoms with Crippen LogP contribution >= 0.6 is 0 Å². The van der Waals surface area contributed by atoms with Crippen molar-refractivity contribution in [1.82, 2.24) is 0 Å². The molecule has 0 aromatic heterocycles. The number of nitrogens with zero attached hydrogens (tertiary/aromatic N) is 1. The van der Waals surface area contributed by atoms with Crippen molar-refractivity contribution in [3.8, 4) is 11.5 Å². The topological polar surface area (TPSA) is 61.6 Å². The van der Waals surface area contributed by atoms with Crippen molar-refractivity contribution in [2.75, 3.05) is 13.7 Å². The lowest BCUT2D eigenvalue weighted by Crippen LogP contribution is -1.99. The molecule has 5 nitrogen and oxygen atoms in total. The molecule has 0 saturated heterocycles. The quantitative estimate of drug-likeness (QED) is 0.575. The summed E-state index contributed by atoms with van der Waals surface area (Å²) < 4.78 is 10.7. The number of allylic oxidation sites excluding steroid dienone is 1. The molecule has 0 aliphatic rings. The molecule has 0 N–H and O–H groups in total. The molecule has 18 heavy (non-hydrogen) atoms. The van der Waals surface area contributed by atoms with Gasteiger partial charge in [0.1, 0.15) is 0 Å². The molecule has 1 aromatic carbocycles. The smallest absolute Gasteiger partial charge is 0.246 e. The molecule has 0 atom stereocenters. The van der Waals surface area contributed by atoms with Crippen LogP contribution in [0, 0.1) is 10.1 Å². The van der Waals surface area contributed by atoms with Crippen molar-refractivity contribution >= 4 is 6.08 Å². The van der Waals surface area contributed by atoms with Gasteiger partial charge in [-0.25, -0.2) is 0 Å². The van der Waals surface area contributed by atoms with Crippen LogP contribution in [0.1, 0.15) is 25.8 Å². The Hall–Kier alpha value is -2.04. The fourth-order valence-electron chi connectivity index (χ4n) is 1.60. The van der Waals surface area contributed by atoms with Gasteiger partial charge in [0.2, 0.25) is 5.70 Å². The molecule has 5 heteroatoms. The van der Waals surface area contributed by atoms with E-state index in [1.54, 1.807) is 25.1 Å². The molecule has 0 fully saturated rings. The summed E-state index contributed by atoms with van der Waals surface area (Å²) in [4.78, 5) is 10.4. The number of hydrogen-bond acceptors (Lipinski definition) is 4. The third-order valence-electron chi connectivity index (χ3n) is 2.43. The number of nitro groups is 1. The normalized spacial score (nSPS) is 11.2. The summed E-state index contributed by atoms with van der Waals surface area (Å²) in [5, 5.41) is 10.8. The zero-order valence-electron chi connectivity index (χ0n) is 10.8. The number of hydrogen-bond donors (Lipinski definition) is 0. The van der Waals surface area contributed by atoms with Crippen LogP contribution < -0.4 is 9.47 Å². The first kappa shape index (κ1) is 14.0. The zero-order valence-corrected chi connectivity index (χ0v) is 10.8. The second kappa shape index (κ2) is 6.64. The van der Waals surface area contributed by atoms with Gasteiger partial charge in [0, 0.05) is 18.1 Å². The number of para-hydroxylation sites is 1. The van der Waals surface area contributed by atoms with Gasteiger partial charge >= 0.3 is 0 Å². The first-order valence-electron chi connectivity index (χ1n) is 5.78. The van der Waals surface area contributed by atoms with E-state index in [2.05, 4.69) is 0 Å². The summed E-state index contributed by atoms with van der Waals surface area (Å²) in [5.41, 5.74) is 0.791. The Labute approximate surface area is 106 Å². The van der Waals surface area contributed by atoms with Gasteiger partial charge in [0.25, 0.3) is 0 Å². The predicted octanol–water partition coefficient (Wildman–Crippen LogP) is 3.12. The SMILES string of the molecule is CCOc1cccc(/C=C(/CC)[N+](=O)[O-])c1OC. The molecule has 1 aromatic rings. The Balaban J connectivity index is 3.23. The van der Waals surface area contributed by atoms with Crippen molar-refractivity contribution in [2.45, 2.75) is 20.3 Å². The molecule has 0 aliphatic carbocycles. The Morgan fingerprint density at radius 2 is 2.17 bits per heavy atom. The van der Waals surface area contributed by atoms with Crippen molar-refractivity contribution in [3.05, 3.63) is 39.6 Å². The van der Waals surface area contributed by atoms with E-state index in [0.29, 0.717) is 30.1 Å². The van der Waals surface area contributed by atoms with Crippen LogP contribution in [-0.2, 0) is 0 Å². The van der Waals surface area contributed by atoms with Gasteiger partial charge < -0.3 is 9.47 Å². The van der Waals surface area contributed by atoms with Crippen molar-refractivity contribution < 1.29 is 14.4 Å². The van der Waals surface area contributed by atoms with Crippen molar-refractivity contribution in [1.29, 1.82) is 0 Å². The number of rotatable bonds is 6. The molecule has 0 amide bonds. The summed E-state index contributed by atoms with van der Waals surface area (Å²) in [6.07, 6.45) is 1.87. The van der Waals surface area contributed by atoms with Crippen LogP contribution in [0.3, 0.4) is 0 Å². The van der Waals surface area contributed by atoms with Gasteiger partial charge in [-0.1, -0.05) is 19.1 Å². The maximum absolute atomic E-state index is 10.8. The van der Waals surface area contributed by atoms with E-state index in [4.69, 9.17) is 9.47 Å². The van der Waals surface area contributed by atoms with Gasteiger partial charge in [0.15, 0.2) is 11.5 Å². The Morgan fingerprint density at radius 1 is 1.44 bits per heavy atom. The van der Waals surface area contributed by atoms with E-state index >= 15 is 0 Å². The van der Waals surface area contributed by atoms with Crippen LogP contribution in [0.2, 0.25) is 0 Å². The molecule has 0 radical (unpaired) electrons. The molecule has 98 valence electrons. The molecule has 1 rings (SSSR count). The van der Waals surface area contributed by atoms with Gasteiger partial charge in [-0.15, -0.1) is 0 Å². The van der Waals surface area contributed by atoms with Gasteiger partial charge in [-0.3, -0.25) is 10.1 Å². The lowest BCUT2D eigenvalue weighted by atomic mass is 10.1. The first-order chi connectivity index (χ1) is 8.63. The minimum atomic E-state index is -0.382. The molecule has 0 saturated carbocycles. The van der Waals surface area contributed by atoms with E-state index in [1.165, 1.54) is 13.2 Å². The van der Waals surface area contributed by atoms with E-state index in [9.17, 15) is 10.1 Å². The van der Waals surface area contributed by atoms with Crippen LogP contribution in [-0.4, -0.2) is 18.6 Å². The minimum Gasteiger partial charge on any atom is -0.492 e. The lowest BCUT2D eigenvalue weighted by Gasteiger charge is -2.11. The fraction of sp³-hybridized carbons (Fsp3) is 0.385. The van der Waals surface area contributed by atoms with Crippen LogP contribution in [0.25, 0.3) is 6.08 Å².